The summed E-state index contributed by atoms with van der Waals surface area (Å²) in [5, 5.41) is 0. The highest BCUT2D eigenvalue weighted by Crippen LogP contribution is 2.36. The molecule has 0 bridgehead atoms. The van der Waals surface area contributed by atoms with Gasteiger partial charge in [-0.3, -0.25) is 0 Å². The van der Waals surface area contributed by atoms with Gasteiger partial charge in [-0.15, -0.1) is 19.6 Å². The Bertz CT molecular complexity index is 1320. The van der Waals surface area contributed by atoms with Gasteiger partial charge >= 0.3 is 6.36 Å². The molecular weight excluding hydrogens is 455 g/mol. The summed E-state index contributed by atoms with van der Waals surface area (Å²) in [6.07, 6.45) is 0.785. The van der Waals surface area contributed by atoms with Gasteiger partial charge in [-0.25, -0.2) is 0 Å². The van der Waals surface area contributed by atoms with Gasteiger partial charge in [0.15, 0.2) is 0 Å². The van der Waals surface area contributed by atoms with Crippen molar-refractivity contribution in [2.75, 3.05) is 0 Å². The lowest BCUT2D eigenvalue weighted by Crippen LogP contribution is -2.17. The van der Waals surface area contributed by atoms with Crippen molar-refractivity contribution in [1.82, 2.24) is 4.98 Å². The van der Waals surface area contributed by atoms with Crippen LogP contribution in [0.25, 0.3) is 11.1 Å². The van der Waals surface area contributed by atoms with Gasteiger partial charge in [-0.05, 0) is 35.4 Å². The lowest BCUT2D eigenvalue weighted by molar-refractivity contribution is -0.274. The Morgan fingerprint density at radius 2 is 1.37 bits per heavy atom. The maximum atomic E-state index is 12.8. The Balaban J connectivity index is 1.69. The number of hydrogen-bond acceptors (Lipinski definition) is 4. The van der Waals surface area contributed by atoms with Crippen molar-refractivity contribution >= 4 is 0 Å². The van der Waals surface area contributed by atoms with E-state index < -0.39 is 12.1 Å². The van der Waals surface area contributed by atoms with Crippen LogP contribution in [0.3, 0.4) is 0 Å². The van der Waals surface area contributed by atoms with E-state index in [1.165, 1.54) is 18.2 Å². The fourth-order valence-electron chi connectivity index (χ4n) is 3.35. The van der Waals surface area contributed by atoms with Crippen LogP contribution >= 0.6 is 0 Å². The molecule has 0 atom stereocenters. The van der Waals surface area contributed by atoms with E-state index in [9.17, 15) is 13.2 Å². The molecule has 0 radical (unpaired) electrons. The summed E-state index contributed by atoms with van der Waals surface area (Å²) in [6, 6.07) is 26.0. The molecule has 4 rings (SSSR count). The fraction of sp³-hybridized carbons (Fsp3) is 0.107. The molecule has 1 heterocycles. The third-order valence-electron chi connectivity index (χ3n) is 4.95. The molecule has 0 amide bonds. The topological polar surface area (TPSA) is 40.6 Å². The second-order valence-electron chi connectivity index (χ2n) is 7.45. The van der Waals surface area contributed by atoms with Crippen LogP contribution in [0.1, 0.15) is 16.7 Å². The summed E-state index contributed by atoms with van der Waals surface area (Å²) < 4.78 is 54.3. The molecule has 4 nitrogen and oxygen atoms in total. The Labute approximate surface area is 200 Å². The van der Waals surface area contributed by atoms with Crippen LogP contribution in [0, 0.1) is 12.3 Å². The number of terminal acetylenes is 1. The average molecular weight is 475 g/mol. The van der Waals surface area contributed by atoms with E-state index in [0.717, 1.165) is 11.1 Å². The van der Waals surface area contributed by atoms with Crippen molar-refractivity contribution in [3.8, 4) is 41.0 Å². The minimum absolute atomic E-state index is 0.167. The van der Waals surface area contributed by atoms with Crippen LogP contribution in [0.2, 0.25) is 0 Å². The number of halogens is 3. The molecule has 0 aliphatic heterocycles. The van der Waals surface area contributed by atoms with E-state index in [-0.39, 0.29) is 19.1 Å². The lowest BCUT2D eigenvalue weighted by Gasteiger charge is -2.16. The Morgan fingerprint density at radius 3 is 1.97 bits per heavy atom. The molecule has 4 aromatic rings. The minimum atomic E-state index is -4.84. The van der Waals surface area contributed by atoms with Crippen molar-refractivity contribution in [2.24, 2.45) is 0 Å². The number of rotatable bonds is 8. The zero-order chi connectivity index (χ0) is 24.7. The van der Waals surface area contributed by atoms with Gasteiger partial charge in [-0.2, -0.15) is 4.98 Å². The van der Waals surface area contributed by atoms with Crippen LogP contribution in [-0.2, 0) is 13.2 Å². The summed E-state index contributed by atoms with van der Waals surface area (Å²) in [5.74, 6) is 2.56. The van der Waals surface area contributed by atoms with Gasteiger partial charge < -0.3 is 14.2 Å². The second-order valence-corrected chi connectivity index (χ2v) is 7.45. The molecular formula is C28H20F3NO3. The first kappa shape index (κ1) is 23.7. The highest BCUT2D eigenvalue weighted by atomic mass is 19.4. The Kier molecular flexibility index (Phi) is 7.22. The zero-order valence-electron chi connectivity index (χ0n) is 18.5. The predicted octanol–water partition coefficient (Wildman–Crippen LogP) is 6.79. The van der Waals surface area contributed by atoms with E-state index in [1.807, 2.05) is 60.7 Å². The van der Waals surface area contributed by atoms with Gasteiger partial charge in [0.05, 0.1) is 0 Å². The third-order valence-corrected chi connectivity index (χ3v) is 4.95. The summed E-state index contributed by atoms with van der Waals surface area (Å²) in [5.41, 5.74) is 2.94. The van der Waals surface area contributed by atoms with Crippen molar-refractivity contribution in [2.45, 2.75) is 19.6 Å². The van der Waals surface area contributed by atoms with Gasteiger partial charge in [0.2, 0.25) is 11.8 Å². The fourth-order valence-corrected chi connectivity index (χ4v) is 3.35. The zero-order valence-corrected chi connectivity index (χ0v) is 18.5. The molecule has 0 N–H and O–H groups in total. The van der Waals surface area contributed by atoms with Crippen molar-refractivity contribution in [3.05, 3.63) is 108 Å². The van der Waals surface area contributed by atoms with E-state index in [1.54, 1.807) is 12.1 Å². The van der Waals surface area contributed by atoms with Gasteiger partial charge in [0, 0.05) is 22.8 Å². The molecule has 1 aromatic heterocycles. The molecule has 3 aromatic carbocycles. The Hall–Kier alpha value is -4.44. The van der Waals surface area contributed by atoms with Crippen LogP contribution in [0.4, 0.5) is 13.2 Å². The molecule has 0 saturated carbocycles. The number of benzene rings is 3. The first-order valence-corrected chi connectivity index (χ1v) is 10.6. The lowest BCUT2D eigenvalue weighted by atomic mass is 10.0. The largest absolute Gasteiger partial charge is 0.573 e. The van der Waals surface area contributed by atoms with E-state index in [4.69, 9.17) is 15.9 Å². The average Bonchev–Trinajstić information content (AvgIpc) is 2.86. The smallest absolute Gasteiger partial charge is 0.473 e. The van der Waals surface area contributed by atoms with Gasteiger partial charge in [-0.1, -0.05) is 66.6 Å². The quantitative estimate of drug-likeness (QED) is 0.263. The number of hydrogen-bond donors (Lipinski definition) is 0. The monoisotopic (exact) mass is 475 g/mol. The number of aromatic nitrogens is 1. The van der Waals surface area contributed by atoms with Crippen LogP contribution in [-0.4, -0.2) is 11.3 Å². The number of nitrogens with zero attached hydrogens (tertiary/aromatic N) is 1. The van der Waals surface area contributed by atoms with Crippen molar-refractivity contribution in [1.29, 1.82) is 0 Å². The molecule has 0 fully saturated rings. The molecule has 7 heteroatoms. The number of ether oxygens (including phenoxy) is 3. The Morgan fingerprint density at radius 1 is 0.743 bits per heavy atom. The van der Waals surface area contributed by atoms with E-state index in [2.05, 4.69) is 15.6 Å². The maximum absolute atomic E-state index is 12.8. The number of pyridine rings is 1. The van der Waals surface area contributed by atoms with Gasteiger partial charge in [0.25, 0.3) is 0 Å². The van der Waals surface area contributed by atoms with Crippen LogP contribution in [0.15, 0.2) is 91.0 Å². The third kappa shape index (κ3) is 6.55. The molecule has 0 aliphatic carbocycles. The normalized spacial score (nSPS) is 10.9. The summed E-state index contributed by atoms with van der Waals surface area (Å²) >= 11 is 0. The van der Waals surface area contributed by atoms with Crippen LogP contribution in [0.5, 0.6) is 17.5 Å². The van der Waals surface area contributed by atoms with E-state index in [0.29, 0.717) is 22.6 Å². The molecule has 35 heavy (non-hydrogen) atoms. The summed E-state index contributed by atoms with van der Waals surface area (Å²) in [4.78, 5) is 4.48. The predicted molar refractivity (Wildman–Crippen MR) is 126 cm³/mol. The first-order valence-electron chi connectivity index (χ1n) is 10.6. The molecule has 0 aliphatic rings. The minimum Gasteiger partial charge on any atom is -0.473 e. The molecule has 0 unspecified atom stereocenters. The second kappa shape index (κ2) is 10.7. The molecule has 0 spiro atoms. The first-order chi connectivity index (χ1) is 16.9. The highest BCUT2D eigenvalue weighted by molar-refractivity contribution is 5.76. The van der Waals surface area contributed by atoms with Crippen molar-refractivity contribution < 1.29 is 27.4 Å². The number of alkyl halides is 3. The van der Waals surface area contributed by atoms with Crippen LogP contribution < -0.4 is 14.2 Å². The van der Waals surface area contributed by atoms with Gasteiger partial charge in [0.1, 0.15) is 19.0 Å². The molecule has 176 valence electrons. The maximum Gasteiger partial charge on any atom is 0.573 e. The standard InChI is InChI=1S/C28H20F3NO3/c1-2-22-13-14-23(35-28(29,30)31)17-25(22)24-15-16-26(33-18-20-9-5-3-6-10-20)32-27(24)34-19-21-11-7-4-8-12-21/h1,3-17H,18-19H2. The van der Waals surface area contributed by atoms with Crippen molar-refractivity contribution in [3.63, 3.8) is 0 Å². The summed E-state index contributed by atoms with van der Waals surface area (Å²) in [7, 11) is 0. The van der Waals surface area contributed by atoms with E-state index >= 15 is 0 Å². The summed E-state index contributed by atoms with van der Waals surface area (Å²) in [6.45, 7) is 0.475. The highest BCUT2D eigenvalue weighted by Gasteiger charge is 2.31. The SMILES string of the molecule is C#Cc1ccc(OC(F)(F)F)cc1-c1ccc(OCc2ccccc2)nc1OCc1ccccc1. The molecule has 0 saturated heterocycles.